The van der Waals surface area contributed by atoms with Gasteiger partial charge in [-0.15, -0.1) is 0 Å². The van der Waals surface area contributed by atoms with Crippen molar-refractivity contribution in [1.82, 2.24) is 5.32 Å². The Kier molecular flexibility index (Phi) is 6.57. The number of hydrogen-bond acceptors (Lipinski definition) is 3. The van der Waals surface area contributed by atoms with Crippen LogP contribution in [0.15, 0.2) is 0 Å². The van der Waals surface area contributed by atoms with Gasteiger partial charge in [0.2, 0.25) is 0 Å². The van der Waals surface area contributed by atoms with E-state index < -0.39 is 5.60 Å². The van der Waals surface area contributed by atoms with Crippen molar-refractivity contribution in [2.45, 2.75) is 71.2 Å². The van der Waals surface area contributed by atoms with Crippen LogP contribution in [-0.2, 0) is 9.47 Å². The molecule has 0 heterocycles. The first-order valence-corrected chi connectivity index (χ1v) is 8.87. The molecule has 0 bridgehead atoms. The molecule has 0 spiro atoms. The lowest BCUT2D eigenvalue weighted by molar-refractivity contribution is -0.0632. The summed E-state index contributed by atoms with van der Waals surface area (Å²) in [6, 6.07) is 0. The summed E-state index contributed by atoms with van der Waals surface area (Å²) in [6.07, 6.45) is 3.43. The van der Waals surface area contributed by atoms with Gasteiger partial charge in [0.05, 0.1) is 18.2 Å². The number of alkyl carbamates (subject to hydrolysis) is 1. The summed E-state index contributed by atoms with van der Waals surface area (Å²) in [4.78, 5) is 11.7. The number of hydrogen-bond donors (Lipinski definition) is 1. The molecular weight excluding hydrogens is 369 g/mol. The Hall–Kier alpha value is -0.0400. The van der Waals surface area contributed by atoms with E-state index in [9.17, 15) is 4.79 Å². The van der Waals surface area contributed by atoms with E-state index in [0.717, 1.165) is 23.2 Å². The fourth-order valence-corrected chi connectivity index (χ4v) is 2.81. The second-order valence-corrected chi connectivity index (χ2v) is 7.86. The molecule has 4 nitrogen and oxygen atoms in total. The third kappa shape index (κ3) is 6.61. The Morgan fingerprint density at radius 3 is 2.40 bits per heavy atom. The van der Waals surface area contributed by atoms with Crippen molar-refractivity contribution in [3.8, 4) is 0 Å². The third-order valence-electron chi connectivity index (χ3n) is 3.39. The maximum absolute atomic E-state index is 11.7. The molecule has 1 aliphatic carbocycles. The minimum atomic E-state index is -0.466. The number of amides is 1. The first-order chi connectivity index (χ1) is 9.13. The van der Waals surface area contributed by atoms with Crippen molar-refractivity contribution in [3.63, 3.8) is 0 Å². The van der Waals surface area contributed by atoms with Crippen molar-refractivity contribution in [1.29, 1.82) is 0 Å². The molecule has 1 saturated carbocycles. The lowest BCUT2D eigenvalue weighted by atomic mass is 10.1. The van der Waals surface area contributed by atoms with Crippen LogP contribution in [0.2, 0.25) is 0 Å². The summed E-state index contributed by atoms with van der Waals surface area (Å²) in [6.45, 7) is 10.4. The van der Waals surface area contributed by atoms with E-state index in [1.807, 2.05) is 20.8 Å². The van der Waals surface area contributed by atoms with Gasteiger partial charge in [-0.05, 0) is 52.9 Å². The van der Waals surface area contributed by atoms with Crippen molar-refractivity contribution in [2.75, 3.05) is 11.0 Å². The quantitative estimate of drug-likeness (QED) is 0.565. The molecular formula is C15H28INO3. The summed E-state index contributed by atoms with van der Waals surface area (Å²) in [5, 5.41) is 2.82. The standard InChI is InChI=1S/C15H28INO3/c1-11-6-7-12(8-11)19-15(5,9-16)10-17-13(18)20-14(2,3)4/h11-12H,6-10H2,1-5H3,(H,17,18). The van der Waals surface area contributed by atoms with E-state index in [4.69, 9.17) is 9.47 Å². The average Bonchev–Trinajstić information content (AvgIpc) is 2.70. The highest BCUT2D eigenvalue weighted by Crippen LogP contribution is 2.30. The van der Waals surface area contributed by atoms with Gasteiger partial charge >= 0.3 is 6.09 Å². The van der Waals surface area contributed by atoms with E-state index >= 15 is 0 Å². The summed E-state index contributed by atoms with van der Waals surface area (Å²) < 4.78 is 12.3. The molecule has 0 radical (unpaired) electrons. The highest BCUT2D eigenvalue weighted by atomic mass is 127. The second-order valence-electron chi connectivity index (χ2n) is 7.10. The number of carbonyl (C=O) groups is 1. The number of rotatable bonds is 5. The van der Waals surface area contributed by atoms with Crippen LogP contribution in [-0.4, -0.2) is 34.4 Å². The topological polar surface area (TPSA) is 47.6 Å². The summed E-state index contributed by atoms with van der Waals surface area (Å²) in [5.41, 5.74) is -0.793. The van der Waals surface area contributed by atoms with Crippen LogP contribution in [0.25, 0.3) is 0 Å². The number of ether oxygens (including phenoxy) is 2. The fourth-order valence-electron chi connectivity index (χ4n) is 2.36. The van der Waals surface area contributed by atoms with Crippen LogP contribution in [0, 0.1) is 5.92 Å². The summed E-state index contributed by atoms with van der Waals surface area (Å²) >= 11 is 2.32. The van der Waals surface area contributed by atoms with Crippen molar-refractivity contribution >= 4 is 28.7 Å². The molecule has 118 valence electrons. The van der Waals surface area contributed by atoms with E-state index in [-0.39, 0.29) is 11.7 Å². The molecule has 0 aliphatic heterocycles. The summed E-state index contributed by atoms with van der Waals surface area (Å²) in [5.74, 6) is 0.747. The monoisotopic (exact) mass is 397 g/mol. The van der Waals surface area contributed by atoms with Crippen LogP contribution in [0.1, 0.15) is 53.9 Å². The number of halogens is 1. The van der Waals surface area contributed by atoms with E-state index in [1.54, 1.807) is 0 Å². The molecule has 1 aliphatic rings. The van der Waals surface area contributed by atoms with Gasteiger partial charge in [0.15, 0.2) is 0 Å². The third-order valence-corrected chi connectivity index (χ3v) is 5.00. The molecule has 0 aromatic rings. The lowest BCUT2D eigenvalue weighted by Crippen LogP contribution is -2.47. The number of nitrogens with one attached hydrogen (secondary N) is 1. The largest absolute Gasteiger partial charge is 0.444 e. The molecule has 20 heavy (non-hydrogen) atoms. The molecule has 1 amide bonds. The van der Waals surface area contributed by atoms with Crippen LogP contribution in [0.4, 0.5) is 4.79 Å². The van der Waals surface area contributed by atoms with Crippen LogP contribution < -0.4 is 5.32 Å². The van der Waals surface area contributed by atoms with Crippen molar-refractivity contribution in [2.24, 2.45) is 5.92 Å². The minimum absolute atomic E-state index is 0.324. The average molecular weight is 397 g/mol. The van der Waals surface area contributed by atoms with E-state index in [0.29, 0.717) is 12.6 Å². The zero-order valence-electron chi connectivity index (χ0n) is 13.3. The smallest absolute Gasteiger partial charge is 0.407 e. The zero-order chi connectivity index (χ0) is 15.4. The Bertz CT molecular complexity index is 330. The molecule has 3 unspecified atom stereocenters. The summed E-state index contributed by atoms with van der Waals surface area (Å²) in [7, 11) is 0. The van der Waals surface area contributed by atoms with Gasteiger partial charge in [0.25, 0.3) is 0 Å². The minimum Gasteiger partial charge on any atom is -0.444 e. The van der Waals surface area contributed by atoms with Crippen LogP contribution in [0.3, 0.4) is 0 Å². The van der Waals surface area contributed by atoms with Gasteiger partial charge in [-0.25, -0.2) is 4.79 Å². The first kappa shape index (κ1) is 18.0. The van der Waals surface area contributed by atoms with Crippen LogP contribution in [0.5, 0.6) is 0 Å². The Balaban J connectivity index is 2.42. The van der Waals surface area contributed by atoms with Crippen molar-refractivity contribution < 1.29 is 14.3 Å². The SMILES string of the molecule is CC1CCC(OC(C)(CI)CNC(=O)OC(C)(C)C)C1. The molecule has 0 saturated heterocycles. The second kappa shape index (κ2) is 7.29. The highest BCUT2D eigenvalue weighted by Gasteiger charge is 2.32. The van der Waals surface area contributed by atoms with Crippen LogP contribution >= 0.6 is 22.6 Å². The van der Waals surface area contributed by atoms with Gasteiger partial charge in [-0.3, -0.25) is 0 Å². The van der Waals surface area contributed by atoms with Gasteiger partial charge in [0, 0.05) is 4.43 Å². The Morgan fingerprint density at radius 1 is 1.30 bits per heavy atom. The molecule has 1 rings (SSSR count). The molecule has 1 N–H and O–H groups in total. The Labute approximate surface area is 136 Å². The number of carbonyl (C=O) groups excluding carboxylic acids is 1. The predicted molar refractivity (Wildman–Crippen MR) is 89.4 cm³/mol. The zero-order valence-corrected chi connectivity index (χ0v) is 15.5. The molecule has 1 fully saturated rings. The van der Waals surface area contributed by atoms with Gasteiger partial charge < -0.3 is 14.8 Å². The molecule has 0 aromatic carbocycles. The lowest BCUT2D eigenvalue weighted by Gasteiger charge is -2.32. The van der Waals surface area contributed by atoms with Crippen molar-refractivity contribution in [3.05, 3.63) is 0 Å². The fraction of sp³-hybridized carbons (Fsp3) is 0.933. The normalized spacial score (nSPS) is 26.1. The van der Waals surface area contributed by atoms with Gasteiger partial charge in [-0.2, -0.15) is 0 Å². The van der Waals surface area contributed by atoms with Gasteiger partial charge in [0.1, 0.15) is 5.60 Å². The maximum atomic E-state index is 11.7. The number of alkyl halides is 1. The predicted octanol–water partition coefficient (Wildman–Crippen LogP) is 3.91. The highest BCUT2D eigenvalue weighted by molar-refractivity contribution is 14.1. The molecule has 5 heteroatoms. The first-order valence-electron chi connectivity index (χ1n) is 7.34. The van der Waals surface area contributed by atoms with E-state index in [1.165, 1.54) is 6.42 Å². The maximum Gasteiger partial charge on any atom is 0.407 e. The van der Waals surface area contributed by atoms with Gasteiger partial charge in [-0.1, -0.05) is 29.5 Å². The Morgan fingerprint density at radius 2 is 1.95 bits per heavy atom. The molecule has 0 aromatic heterocycles. The van der Waals surface area contributed by atoms with E-state index in [2.05, 4.69) is 41.8 Å². The molecule has 3 atom stereocenters.